The van der Waals surface area contributed by atoms with E-state index in [1.54, 1.807) is 0 Å². The van der Waals surface area contributed by atoms with E-state index < -0.39 is 45.1 Å². The van der Waals surface area contributed by atoms with Crippen LogP contribution in [0.2, 0.25) is 0 Å². The lowest BCUT2D eigenvalue weighted by Crippen LogP contribution is -2.34. The Kier molecular flexibility index (Phi) is 43.2. The fourth-order valence-corrected chi connectivity index (χ4v) is 6.45. The third-order valence-corrected chi connectivity index (χ3v) is 10.2. The zero-order chi connectivity index (χ0) is 45.5. The smallest absolute Gasteiger partial charge is 0.472 e. The van der Waals surface area contributed by atoms with Crippen LogP contribution in [0.15, 0.2) is 109 Å². The van der Waals surface area contributed by atoms with Crippen molar-refractivity contribution >= 4 is 19.8 Å². The van der Waals surface area contributed by atoms with Crippen molar-refractivity contribution in [1.29, 1.82) is 0 Å². The van der Waals surface area contributed by atoms with E-state index in [4.69, 9.17) is 29.4 Å². The number of phosphoric ester groups is 1. The van der Waals surface area contributed by atoms with Crippen LogP contribution in [0.4, 0.5) is 0 Å². The zero-order valence-electron chi connectivity index (χ0n) is 38.4. The van der Waals surface area contributed by atoms with E-state index >= 15 is 0 Å². The molecule has 0 rings (SSSR count). The maximum Gasteiger partial charge on any atom is 0.472 e. The molecule has 3 atom stereocenters. The highest BCUT2D eigenvalue weighted by Gasteiger charge is 2.27. The Morgan fingerprint density at radius 2 is 0.935 bits per heavy atom. The fraction of sp³-hybridized carbons (Fsp3) is 0.608. The van der Waals surface area contributed by atoms with Crippen molar-refractivity contribution in [2.75, 3.05) is 26.4 Å². The minimum atomic E-state index is -4.64. The number of rotatable bonds is 43. The number of unbranched alkanes of at least 4 members (excludes halogenated alkanes) is 11. The molecule has 0 saturated carbocycles. The lowest BCUT2D eigenvalue weighted by atomic mass is 10.1. The van der Waals surface area contributed by atoms with Crippen molar-refractivity contribution in [3.63, 3.8) is 0 Å². The molecule has 0 aromatic rings. The molecule has 62 heavy (non-hydrogen) atoms. The molecule has 0 aliphatic carbocycles. The molecule has 0 amide bonds. The molecule has 4 N–H and O–H groups in total. The molecule has 0 aromatic heterocycles. The topological polar surface area (TPSA) is 155 Å². The minimum Gasteiger partial charge on any atom is -0.480 e. The first-order valence-electron chi connectivity index (χ1n) is 23.4. The number of nitrogens with two attached hydrogens (primary N) is 1. The van der Waals surface area contributed by atoms with Gasteiger partial charge < -0.3 is 25.2 Å². The number of carboxylic acid groups (broad SMARTS) is 1. The van der Waals surface area contributed by atoms with E-state index in [9.17, 15) is 19.0 Å². The highest BCUT2D eigenvalue weighted by atomic mass is 31.2. The molecule has 10 nitrogen and oxygen atoms in total. The first-order chi connectivity index (χ1) is 30.2. The first kappa shape index (κ1) is 58.6. The first-order valence-corrected chi connectivity index (χ1v) is 24.9. The molecule has 3 unspecified atom stereocenters. The van der Waals surface area contributed by atoms with Gasteiger partial charge in [-0.2, -0.15) is 0 Å². The number of carboxylic acids is 1. The van der Waals surface area contributed by atoms with E-state index in [0.717, 1.165) is 103 Å². The molecule has 0 aliphatic rings. The van der Waals surface area contributed by atoms with Crippen LogP contribution >= 0.6 is 7.82 Å². The summed E-state index contributed by atoms with van der Waals surface area (Å²) in [5.41, 5.74) is 5.36. The lowest BCUT2D eigenvalue weighted by molar-refractivity contribution is -0.154. The SMILES string of the molecule is CC/C=C\C/C=C\C/C=C\C/C=C\C/C=C\C/C=C\C/C=C\CCCCOCC(COP(=O)(O)OCC(N)C(=O)O)OC(=O)CCCCCCC/C=C\C/C=C\CCCCCC. The van der Waals surface area contributed by atoms with Gasteiger partial charge in [0.2, 0.25) is 0 Å². The normalized spacial score (nSPS) is 14.8. The maximum absolute atomic E-state index is 12.6. The van der Waals surface area contributed by atoms with E-state index in [0.29, 0.717) is 13.0 Å². The van der Waals surface area contributed by atoms with Crippen LogP contribution in [-0.2, 0) is 32.7 Å². The van der Waals surface area contributed by atoms with E-state index in [1.807, 2.05) is 0 Å². The van der Waals surface area contributed by atoms with Crippen molar-refractivity contribution in [3.8, 4) is 0 Å². The van der Waals surface area contributed by atoms with Crippen molar-refractivity contribution < 1.29 is 42.7 Å². The second kappa shape index (κ2) is 45.6. The number of phosphoric acid groups is 1. The summed E-state index contributed by atoms with van der Waals surface area (Å²) >= 11 is 0. The van der Waals surface area contributed by atoms with Crippen LogP contribution in [-0.4, -0.2) is 60.5 Å². The second-order valence-corrected chi connectivity index (χ2v) is 16.6. The summed E-state index contributed by atoms with van der Waals surface area (Å²) in [7, 11) is -4.64. The summed E-state index contributed by atoms with van der Waals surface area (Å²) in [6.45, 7) is 3.60. The van der Waals surface area contributed by atoms with Gasteiger partial charge in [0.25, 0.3) is 0 Å². The van der Waals surface area contributed by atoms with Gasteiger partial charge in [-0.15, -0.1) is 0 Å². The molecule has 0 aliphatic heterocycles. The van der Waals surface area contributed by atoms with Crippen molar-refractivity contribution in [2.45, 2.75) is 174 Å². The van der Waals surface area contributed by atoms with E-state index in [2.05, 4.69) is 123 Å². The molecule has 0 saturated heterocycles. The molecule has 0 radical (unpaired) electrons. The van der Waals surface area contributed by atoms with Crippen LogP contribution < -0.4 is 5.73 Å². The Bertz CT molecular complexity index is 1400. The molecular weight excluding hydrogens is 802 g/mol. The highest BCUT2D eigenvalue weighted by molar-refractivity contribution is 7.47. The van der Waals surface area contributed by atoms with Gasteiger partial charge in [0.15, 0.2) is 0 Å². The molecule has 0 spiro atoms. The minimum absolute atomic E-state index is 0.0266. The lowest BCUT2D eigenvalue weighted by Gasteiger charge is -2.20. The Morgan fingerprint density at radius 3 is 1.40 bits per heavy atom. The number of carbonyl (C=O) groups is 2. The summed E-state index contributed by atoms with van der Waals surface area (Å²) < 4.78 is 33.3. The van der Waals surface area contributed by atoms with Crippen molar-refractivity contribution in [3.05, 3.63) is 109 Å². The monoisotopic (exact) mass is 886 g/mol. The van der Waals surface area contributed by atoms with Crippen molar-refractivity contribution in [2.24, 2.45) is 5.73 Å². The van der Waals surface area contributed by atoms with Crippen LogP contribution in [0.3, 0.4) is 0 Å². The van der Waals surface area contributed by atoms with Gasteiger partial charge in [-0.1, -0.05) is 162 Å². The summed E-state index contributed by atoms with van der Waals surface area (Å²) in [5, 5.41) is 8.91. The largest absolute Gasteiger partial charge is 0.480 e. The standard InChI is InChI=1S/C51H84NO9P/c1-3-5-7-9-11-13-15-17-19-21-22-23-24-25-26-27-28-30-32-34-36-38-40-42-44-58-45-48(46-59-62(56,57)60-47-49(52)51(54)55)61-50(53)43-41-39-37-35-33-31-29-20-18-16-14-12-10-8-6-4-2/h5,7,11,13-14,16-17,19-20,22-23,25-26,28-30,34,36,48-49H,3-4,6,8-10,12,15,18,21,24,27,31-33,35,37-47,52H2,1-2H3,(H,54,55)(H,56,57)/b7-5-,13-11-,16-14-,19-17-,23-22-,26-25-,29-20-,30-28-,36-34-. The van der Waals surface area contributed by atoms with E-state index in [-0.39, 0.29) is 13.0 Å². The summed E-state index contributed by atoms with van der Waals surface area (Å²) in [6.07, 6.45) is 61.5. The molecule has 11 heteroatoms. The predicted octanol–water partition coefficient (Wildman–Crippen LogP) is 13.5. The van der Waals surface area contributed by atoms with Crippen LogP contribution in [0.25, 0.3) is 0 Å². The fourth-order valence-electron chi connectivity index (χ4n) is 5.67. The second-order valence-electron chi connectivity index (χ2n) is 15.1. The number of carbonyl (C=O) groups excluding carboxylic acids is 1. The molecule has 0 fully saturated rings. The average molecular weight is 886 g/mol. The quantitative estimate of drug-likeness (QED) is 0.0233. The van der Waals surface area contributed by atoms with E-state index in [1.165, 1.54) is 32.1 Å². The highest BCUT2D eigenvalue weighted by Crippen LogP contribution is 2.43. The maximum atomic E-state index is 12.6. The average Bonchev–Trinajstić information content (AvgIpc) is 3.25. The van der Waals surface area contributed by atoms with Gasteiger partial charge in [0.1, 0.15) is 12.1 Å². The summed E-state index contributed by atoms with van der Waals surface area (Å²) in [4.78, 5) is 33.6. The van der Waals surface area contributed by atoms with Crippen molar-refractivity contribution in [1.82, 2.24) is 0 Å². The third kappa shape index (κ3) is 44.7. The van der Waals surface area contributed by atoms with Gasteiger partial charge in [0.05, 0.1) is 19.8 Å². The number of hydrogen-bond donors (Lipinski definition) is 3. The molecule has 0 heterocycles. The molecular formula is C51H84NO9P. The van der Waals surface area contributed by atoms with Crippen LogP contribution in [0, 0.1) is 0 Å². The van der Waals surface area contributed by atoms with Gasteiger partial charge >= 0.3 is 19.8 Å². The molecule has 0 aromatic carbocycles. The van der Waals surface area contributed by atoms with Gasteiger partial charge in [-0.05, 0) is 103 Å². The number of hydrogen-bond acceptors (Lipinski definition) is 8. The van der Waals surface area contributed by atoms with Gasteiger partial charge in [-0.25, -0.2) is 4.57 Å². The summed E-state index contributed by atoms with van der Waals surface area (Å²) in [6, 6.07) is -1.49. The Labute approximate surface area is 376 Å². The Hall–Kier alpha value is -3.37. The molecule has 0 bridgehead atoms. The Morgan fingerprint density at radius 1 is 0.532 bits per heavy atom. The Balaban J connectivity index is 4.34. The summed E-state index contributed by atoms with van der Waals surface area (Å²) in [5.74, 6) is -1.82. The zero-order valence-corrected chi connectivity index (χ0v) is 39.3. The third-order valence-electron chi connectivity index (χ3n) is 9.29. The molecule has 352 valence electrons. The number of esters is 1. The number of allylic oxidation sites excluding steroid dienone is 18. The predicted molar refractivity (Wildman–Crippen MR) is 258 cm³/mol. The number of aliphatic carboxylic acids is 1. The van der Waals surface area contributed by atoms with Crippen LogP contribution in [0.1, 0.15) is 162 Å². The van der Waals surface area contributed by atoms with Crippen LogP contribution in [0.5, 0.6) is 0 Å². The van der Waals surface area contributed by atoms with Gasteiger partial charge in [0, 0.05) is 13.0 Å². The van der Waals surface area contributed by atoms with Gasteiger partial charge in [-0.3, -0.25) is 18.6 Å². The number of ether oxygens (including phenoxy) is 2.